The summed E-state index contributed by atoms with van der Waals surface area (Å²) < 4.78 is 28.2. The van der Waals surface area contributed by atoms with Gasteiger partial charge in [0, 0.05) is 26.1 Å². The molecule has 0 aromatic heterocycles. The van der Waals surface area contributed by atoms with Crippen molar-refractivity contribution in [2.45, 2.75) is 50.0 Å². The molecule has 5 nitrogen and oxygen atoms in total. The minimum atomic E-state index is -3.60. The number of hydrogen-bond donors (Lipinski definition) is 1. The molecule has 6 heteroatoms. The van der Waals surface area contributed by atoms with Gasteiger partial charge in [0.25, 0.3) is 0 Å². The maximum atomic E-state index is 12.7. The van der Waals surface area contributed by atoms with E-state index in [1.165, 1.54) is 0 Å². The van der Waals surface area contributed by atoms with Crippen LogP contribution in [-0.2, 0) is 20.2 Å². The number of sulfonamides is 1. The lowest BCUT2D eigenvalue weighted by atomic mass is 9.87. The molecule has 1 atom stereocenters. The van der Waals surface area contributed by atoms with Crippen LogP contribution in [0.4, 0.5) is 0 Å². The highest BCUT2D eigenvalue weighted by Gasteiger charge is 2.30. The minimum absolute atomic E-state index is 0.0607. The molecular formula is C16H24N2O3S. The van der Waals surface area contributed by atoms with E-state index in [0.717, 1.165) is 5.56 Å². The van der Waals surface area contributed by atoms with E-state index in [1.54, 1.807) is 24.1 Å². The lowest BCUT2D eigenvalue weighted by molar-refractivity contribution is -0.132. The van der Waals surface area contributed by atoms with E-state index in [4.69, 9.17) is 0 Å². The molecule has 1 N–H and O–H groups in total. The van der Waals surface area contributed by atoms with Gasteiger partial charge in [0.05, 0.1) is 4.90 Å². The van der Waals surface area contributed by atoms with Crippen LogP contribution in [-0.4, -0.2) is 38.9 Å². The first-order valence-corrected chi connectivity index (χ1v) is 8.95. The summed E-state index contributed by atoms with van der Waals surface area (Å²) in [6.07, 6.45) is 0.921. The third-order valence-corrected chi connectivity index (χ3v) is 5.51. The Morgan fingerprint density at radius 3 is 2.45 bits per heavy atom. The van der Waals surface area contributed by atoms with Crippen LogP contribution in [0.5, 0.6) is 0 Å². The van der Waals surface area contributed by atoms with Gasteiger partial charge in [0.1, 0.15) is 0 Å². The molecule has 122 valence electrons. The maximum Gasteiger partial charge on any atom is 0.241 e. The lowest BCUT2D eigenvalue weighted by Gasteiger charge is -2.30. The Bertz CT molecular complexity index is 662. The molecule has 1 fully saturated rings. The first-order valence-electron chi connectivity index (χ1n) is 7.47. The molecule has 1 aromatic carbocycles. The van der Waals surface area contributed by atoms with Crippen LogP contribution in [0.2, 0.25) is 0 Å². The van der Waals surface area contributed by atoms with Crippen molar-refractivity contribution in [1.82, 2.24) is 9.62 Å². The number of likely N-dealkylation sites (tertiary alicyclic amines) is 1. The van der Waals surface area contributed by atoms with Crippen LogP contribution in [0.25, 0.3) is 0 Å². The Kier molecular flexibility index (Phi) is 4.63. The first kappa shape index (κ1) is 17.0. The molecule has 0 saturated carbocycles. The zero-order chi connectivity index (χ0) is 16.5. The van der Waals surface area contributed by atoms with E-state index >= 15 is 0 Å². The second-order valence-corrected chi connectivity index (χ2v) is 8.56. The molecule has 1 unspecified atom stereocenters. The fourth-order valence-corrected chi connectivity index (χ4v) is 4.39. The molecule has 1 aliphatic heterocycles. The predicted molar refractivity (Wildman–Crippen MR) is 86.1 cm³/mol. The average Bonchev–Trinajstić information content (AvgIpc) is 2.42. The van der Waals surface area contributed by atoms with Crippen molar-refractivity contribution >= 4 is 15.9 Å². The van der Waals surface area contributed by atoms with E-state index in [2.05, 4.69) is 4.72 Å². The van der Waals surface area contributed by atoms with Crippen LogP contribution in [0.1, 0.15) is 39.2 Å². The second-order valence-electron chi connectivity index (χ2n) is 6.88. The highest BCUT2D eigenvalue weighted by Crippen LogP contribution is 2.29. The maximum absolute atomic E-state index is 12.7. The van der Waals surface area contributed by atoms with Gasteiger partial charge in [-0.25, -0.2) is 13.1 Å². The van der Waals surface area contributed by atoms with Crippen molar-refractivity contribution < 1.29 is 13.2 Å². The molecule has 0 aliphatic carbocycles. The minimum Gasteiger partial charge on any atom is -0.344 e. The SMILES string of the molecule is CN1CC(NS(=O)(=O)c2ccccc2C(C)(C)C)CCC1=O. The average molecular weight is 324 g/mol. The predicted octanol–water partition coefficient (Wildman–Crippen LogP) is 1.88. The topological polar surface area (TPSA) is 66.5 Å². The highest BCUT2D eigenvalue weighted by atomic mass is 32.2. The van der Waals surface area contributed by atoms with Crippen molar-refractivity contribution in [1.29, 1.82) is 0 Å². The van der Waals surface area contributed by atoms with Gasteiger partial charge in [-0.2, -0.15) is 0 Å². The number of piperidine rings is 1. The van der Waals surface area contributed by atoms with Gasteiger partial charge in [-0.3, -0.25) is 4.79 Å². The van der Waals surface area contributed by atoms with E-state index in [0.29, 0.717) is 24.3 Å². The third-order valence-electron chi connectivity index (χ3n) is 3.93. The van der Waals surface area contributed by atoms with E-state index in [1.807, 2.05) is 32.9 Å². The van der Waals surface area contributed by atoms with Gasteiger partial charge in [-0.05, 0) is 23.5 Å². The molecule has 0 radical (unpaired) electrons. The summed E-state index contributed by atoms with van der Waals surface area (Å²) in [5.74, 6) is 0.0607. The van der Waals surface area contributed by atoms with Crippen molar-refractivity contribution in [3.8, 4) is 0 Å². The van der Waals surface area contributed by atoms with Crippen molar-refractivity contribution in [3.05, 3.63) is 29.8 Å². The van der Waals surface area contributed by atoms with E-state index in [9.17, 15) is 13.2 Å². The largest absolute Gasteiger partial charge is 0.344 e. The molecule has 1 saturated heterocycles. The first-order chi connectivity index (χ1) is 10.1. The number of nitrogens with one attached hydrogen (secondary N) is 1. The summed E-state index contributed by atoms with van der Waals surface area (Å²) in [5, 5.41) is 0. The van der Waals surface area contributed by atoms with Crippen molar-refractivity contribution in [2.75, 3.05) is 13.6 Å². The van der Waals surface area contributed by atoms with Gasteiger partial charge >= 0.3 is 0 Å². The highest BCUT2D eigenvalue weighted by molar-refractivity contribution is 7.89. The molecule has 2 rings (SSSR count). The molecule has 1 amide bonds. The summed E-state index contributed by atoms with van der Waals surface area (Å²) in [6.45, 7) is 6.40. The smallest absolute Gasteiger partial charge is 0.241 e. The number of carbonyl (C=O) groups is 1. The molecule has 22 heavy (non-hydrogen) atoms. The fraction of sp³-hybridized carbons (Fsp3) is 0.562. The number of likely N-dealkylation sites (N-methyl/N-ethyl adjacent to an activating group) is 1. The normalized spacial score (nSPS) is 20.3. The van der Waals surface area contributed by atoms with Crippen molar-refractivity contribution in [2.24, 2.45) is 0 Å². The number of hydrogen-bond acceptors (Lipinski definition) is 3. The Labute approximate surface area is 132 Å². The molecule has 1 aliphatic rings. The number of nitrogens with zero attached hydrogens (tertiary/aromatic N) is 1. The van der Waals surface area contributed by atoms with Gasteiger partial charge in [0.15, 0.2) is 0 Å². The van der Waals surface area contributed by atoms with E-state index < -0.39 is 10.0 Å². The molecule has 1 aromatic rings. The van der Waals surface area contributed by atoms with Crippen LogP contribution in [0.3, 0.4) is 0 Å². The number of rotatable bonds is 3. The Hall–Kier alpha value is -1.40. The Morgan fingerprint density at radius 1 is 1.23 bits per heavy atom. The fourth-order valence-electron chi connectivity index (χ4n) is 2.71. The summed E-state index contributed by atoms with van der Waals surface area (Å²) in [7, 11) is -1.90. The van der Waals surface area contributed by atoms with Crippen LogP contribution in [0, 0.1) is 0 Å². The molecule has 1 heterocycles. The molecule has 0 bridgehead atoms. The summed E-state index contributed by atoms with van der Waals surface area (Å²) in [4.78, 5) is 13.4. The molecular weight excluding hydrogens is 300 g/mol. The number of benzene rings is 1. The monoisotopic (exact) mass is 324 g/mol. The lowest BCUT2D eigenvalue weighted by Crippen LogP contribution is -2.48. The second kappa shape index (κ2) is 6.01. The van der Waals surface area contributed by atoms with E-state index in [-0.39, 0.29) is 17.4 Å². The van der Waals surface area contributed by atoms with Crippen LogP contribution in [0.15, 0.2) is 29.2 Å². The Morgan fingerprint density at radius 2 is 1.86 bits per heavy atom. The molecule has 0 spiro atoms. The Balaban J connectivity index is 2.27. The van der Waals surface area contributed by atoms with Gasteiger partial charge < -0.3 is 4.90 Å². The quantitative estimate of drug-likeness (QED) is 0.923. The summed E-state index contributed by atoms with van der Waals surface area (Å²) in [5.41, 5.74) is 0.535. The zero-order valence-electron chi connectivity index (χ0n) is 13.6. The summed E-state index contributed by atoms with van der Waals surface area (Å²) >= 11 is 0. The number of amides is 1. The summed E-state index contributed by atoms with van der Waals surface area (Å²) in [6, 6.07) is 6.85. The van der Waals surface area contributed by atoms with Crippen LogP contribution < -0.4 is 4.72 Å². The van der Waals surface area contributed by atoms with Gasteiger partial charge in [-0.15, -0.1) is 0 Å². The third kappa shape index (κ3) is 3.67. The van der Waals surface area contributed by atoms with Crippen LogP contribution >= 0.6 is 0 Å². The van der Waals surface area contributed by atoms with Crippen molar-refractivity contribution in [3.63, 3.8) is 0 Å². The number of carbonyl (C=O) groups excluding carboxylic acids is 1. The van der Waals surface area contributed by atoms with Gasteiger partial charge in [-0.1, -0.05) is 39.0 Å². The zero-order valence-corrected chi connectivity index (χ0v) is 14.4. The van der Waals surface area contributed by atoms with Gasteiger partial charge in [0.2, 0.25) is 15.9 Å². The standard InChI is InChI=1S/C16H24N2O3S/c1-16(2,3)13-7-5-6-8-14(13)22(20,21)17-12-9-10-15(19)18(4)11-12/h5-8,12,17H,9-11H2,1-4H3.